The zero-order valence-corrected chi connectivity index (χ0v) is 11.3. The Labute approximate surface area is 101 Å². The van der Waals surface area contributed by atoms with Crippen LogP contribution in [-0.2, 0) is 0 Å². The molecule has 94 valence electrons. The van der Waals surface area contributed by atoms with Gasteiger partial charge in [0.15, 0.2) is 0 Å². The second-order valence-corrected chi connectivity index (χ2v) is 5.96. The van der Waals surface area contributed by atoms with Gasteiger partial charge in [-0.15, -0.1) is 0 Å². The van der Waals surface area contributed by atoms with Gasteiger partial charge in [0.2, 0.25) is 0 Å². The van der Waals surface area contributed by atoms with Crippen LogP contribution in [0.25, 0.3) is 0 Å². The Balaban J connectivity index is 1.90. The molecule has 16 heavy (non-hydrogen) atoms. The molecule has 3 unspecified atom stereocenters. The van der Waals surface area contributed by atoms with Gasteiger partial charge < -0.3 is 0 Å². The summed E-state index contributed by atoms with van der Waals surface area (Å²) in [4.78, 5) is 5.47. The van der Waals surface area contributed by atoms with E-state index >= 15 is 0 Å². The van der Waals surface area contributed by atoms with Crippen LogP contribution < -0.4 is 0 Å². The number of hydrogen-bond acceptors (Lipinski definition) is 2. The van der Waals surface area contributed by atoms with E-state index in [1.54, 1.807) is 0 Å². The second-order valence-electron chi connectivity index (χ2n) is 5.96. The summed E-state index contributed by atoms with van der Waals surface area (Å²) in [5.74, 6) is 0.859. The maximum absolute atomic E-state index is 2.74. The monoisotopic (exact) mass is 224 g/mol. The van der Waals surface area contributed by atoms with Crippen molar-refractivity contribution in [2.24, 2.45) is 5.92 Å². The van der Waals surface area contributed by atoms with Crippen molar-refractivity contribution in [2.75, 3.05) is 26.2 Å². The Morgan fingerprint density at radius 3 is 2.81 bits per heavy atom. The molecule has 3 atom stereocenters. The van der Waals surface area contributed by atoms with Gasteiger partial charge in [0.1, 0.15) is 0 Å². The summed E-state index contributed by atoms with van der Waals surface area (Å²) < 4.78 is 0. The summed E-state index contributed by atoms with van der Waals surface area (Å²) in [6.07, 6.45) is 5.63. The normalized spacial score (nSPS) is 34.7. The van der Waals surface area contributed by atoms with Crippen molar-refractivity contribution in [3.63, 3.8) is 0 Å². The topological polar surface area (TPSA) is 6.48 Å². The standard InChI is InChI=1S/C14H28N2/c1-4-12(2)9-16-11-14-7-5-6-8-15(14)10-13(16)3/h12-14H,4-11H2,1-3H3. The van der Waals surface area contributed by atoms with E-state index in [9.17, 15) is 0 Å². The number of nitrogens with zero attached hydrogens (tertiary/aromatic N) is 2. The van der Waals surface area contributed by atoms with Gasteiger partial charge in [-0.1, -0.05) is 26.7 Å². The molecule has 2 saturated heterocycles. The highest BCUT2D eigenvalue weighted by Crippen LogP contribution is 2.24. The highest BCUT2D eigenvalue weighted by molar-refractivity contribution is 4.89. The van der Waals surface area contributed by atoms with Crippen molar-refractivity contribution >= 4 is 0 Å². The lowest BCUT2D eigenvalue weighted by atomic mass is 9.96. The smallest absolute Gasteiger partial charge is 0.0223 e. The van der Waals surface area contributed by atoms with Gasteiger partial charge in [-0.05, 0) is 32.2 Å². The van der Waals surface area contributed by atoms with Gasteiger partial charge in [-0.3, -0.25) is 9.80 Å². The highest BCUT2D eigenvalue weighted by atomic mass is 15.3. The number of rotatable bonds is 3. The largest absolute Gasteiger partial charge is 0.298 e. The molecular formula is C14H28N2. The number of piperidine rings is 1. The van der Waals surface area contributed by atoms with Gasteiger partial charge in [0.25, 0.3) is 0 Å². The van der Waals surface area contributed by atoms with Crippen LogP contribution in [0.3, 0.4) is 0 Å². The first-order valence-corrected chi connectivity index (χ1v) is 7.18. The van der Waals surface area contributed by atoms with E-state index in [1.807, 2.05) is 0 Å². The molecule has 0 amide bonds. The minimum atomic E-state index is 0.767. The first kappa shape index (κ1) is 12.4. The summed E-state index contributed by atoms with van der Waals surface area (Å²) >= 11 is 0. The summed E-state index contributed by atoms with van der Waals surface area (Å²) in [5.41, 5.74) is 0. The lowest BCUT2D eigenvalue weighted by molar-refractivity contribution is 0.00864. The van der Waals surface area contributed by atoms with Crippen LogP contribution in [0.4, 0.5) is 0 Å². The quantitative estimate of drug-likeness (QED) is 0.727. The van der Waals surface area contributed by atoms with Crippen LogP contribution in [0.2, 0.25) is 0 Å². The molecule has 2 heterocycles. The molecule has 0 radical (unpaired) electrons. The SMILES string of the molecule is CCC(C)CN1CC2CCCCN2CC1C. The Hall–Kier alpha value is -0.0800. The van der Waals surface area contributed by atoms with Gasteiger partial charge >= 0.3 is 0 Å². The van der Waals surface area contributed by atoms with Crippen LogP contribution in [0.5, 0.6) is 0 Å². The molecule has 0 aromatic heterocycles. The molecule has 2 rings (SSSR count). The molecule has 2 aliphatic rings. The Morgan fingerprint density at radius 2 is 2.06 bits per heavy atom. The van der Waals surface area contributed by atoms with Crippen molar-refractivity contribution in [3.05, 3.63) is 0 Å². The van der Waals surface area contributed by atoms with E-state index < -0.39 is 0 Å². The predicted octanol–water partition coefficient (Wildman–Crippen LogP) is 2.59. The van der Waals surface area contributed by atoms with E-state index in [-0.39, 0.29) is 0 Å². The minimum Gasteiger partial charge on any atom is -0.298 e. The average molecular weight is 224 g/mol. The first-order valence-electron chi connectivity index (χ1n) is 7.18. The first-order chi connectivity index (χ1) is 7.70. The highest BCUT2D eigenvalue weighted by Gasteiger charge is 2.32. The van der Waals surface area contributed by atoms with Crippen LogP contribution >= 0.6 is 0 Å². The molecule has 2 aliphatic heterocycles. The third kappa shape index (κ3) is 2.78. The van der Waals surface area contributed by atoms with Crippen LogP contribution in [0.15, 0.2) is 0 Å². The molecule has 0 aliphatic carbocycles. The Bertz CT molecular complexity index is 217. The fourth-order valence-electron chi connectivity index (χ4n) is 3.20. The fourth-order valence-corrected chi connectivity index (χ4v) is 3.20. The molecule has 0 bridgehead atoms. The maximum atomic E-state index is 2.74. The molecule has 0 spiro atoms. The Morgan fingerprint density at radius 1 is 1.25 bits per heavy atom. The van der Waals surface area contributed by atoms with Crippen molar-refractivity contribution < 1.29 is 0 Å². The molecule has 0 aromatic rings. The minimum absolute atomic E-state index is 0.767. The van der Waals surface area contributed by atoms with E-state index in [0.29, 0.717) is 0 Å². The van der Waals surface area contributed by atoms with Crippen molar-refractivity contribution in [3.8, 4) is 0 Å². The molecule has 0 N–H and O–H groups in total. The number of hydrogen-bond donors (Lipinski definition) is 0. The molecule has 2 nitrogen and oxygen atoms in total. The predicted molar refractivity (Wildman–Crippen MR) is 69.7 cm³/mol. The lowest BCUT2D eigenvalue weighted by Gasteiger charge is -2.48. The van der Waals surface area contributed by atoms with Crippen molar-refractivity contribution in [1.82, 2.24) is 9.80 Å². The summed E-state index contributed by atoms with van der Waals surface area (Å²) in [5, 5.41) is 0. The summed E-state index contributed by atoms with van der Waals surface area (Å²) in [6.45, 7) is 12.4. The van der Waals surface area contributed by atoms with Gasteiger partial charge in [0, 0.05) is 31.7 Å². The van der Waals surface area contributed by atoms with E-state index in [1.165, 1.54) is 51.9 Å². The fraction of sp³-hybridized carbons (Fsp3) is 1.00. The molecular weight excluding hydrogens is 196 g/mol. The molecule has 2 fully saturated rings. The number of fused-ring (bicyclic) bond motifs is 1. The maximum Gasteiger partial charge on any atom is 0.0223 e. The van der Waals surface area contributed by atoms with E-state index in [2.05, 4.69) is 30.6 Å². The average Bonchev–Trinajstić information content (AvgIpc) is 2.30. The van der Waals surface area contributed by atoms with Crippen LogP contribution in [0.1, 0.15) is 46.5 Å². The molecule has 2 heteroatoms. The van der Waals surface area contributed by atoms with Crippen molar-refractivity contribution in [2.45, 2.75) is 58.5 Å². The zero-order valence-electron chi connectivity index (χ0n) is 11.3. The van der Waals surface area contributed by atoms with Crippen LogP contribution in [-0.4, -0.2) is 48.1 Å². The summed E-state index contributed by atoms with van der Waals surface area (Å²) in [6, 6.07) is 1.64. The van der Waals surface area contributed by atoms with E-state index in [0.717, 1.165) is 18.0 Å². The third-order valence-electron chi connectivity index (χ3n) is 4.56. The second kappa shape index (κ2) is 5.50. The Kier molecular flexibility index (Phi) is 4.26. The lowest BCUT2D eigenvalue weighted by Crippen LogP contribution is -2.59. The van der Waals surface area contributed by atoms with E-state index in [4.69, 9.17) is 0 Å². The van der Waals surface area contributed by atoms with Gasteiger partial charge in [0.05, 0.1) is 0 Å². The zero-order chi connectivity index (χ0) is 11.5. The van der Waals surface area contributed by atoms with Crippen molar-refractivity contribution in [1.29, 1.82) is 0 Å². The summed E-state index contributed by atoms with van der Waals surface area (Å²) in [7, 11) is 0. The van der Waals surface area contributed by atoms with Gasteiger partial charge in [-0.25, -0.2) is 0 Å². The number of piperazine rings is 1. The van der Waals surface area contributed by atoms with Crippen LogP contribution in [0, 0.1) is 5.92 Å². The molecule has 0 saturated carbocycles. The van der Waals surface area contributed by atoms with Gasteiger partial charge in [-0.2, -0.15) is 0 Å². The molecule has 0 aromatic carbocycles. The third-order valence-corrected chi connectivity index (χ3v) is 4.56.